The van der Waals surface area contributed by atoms with Crippen molar-refractivity contribution in [3.8, 4) is 5.75 Å². The number of esters is 1. The van der Waals surface area contributed by atoms with E-state index in [9.17, 15) is 13.2 Å². The minimum Gasteiger partial charge on any atom is -0.494 e. The minimum absolute atomic E-state index is 0.0649. The Morgan fingerprint density at radius 2 is 1.95 bits per heavy atom. The topological polar surface area (TPSA) is 108 Å². The molecule has 1 rings (SSSR count). The molecule has 0 unspecified atom stereocenters. The number of carbonyl (C=O) groups is 1. The standard InChI is InChI=1S/C13H22N2O5S2/c1-5-13(14,6-2)8-15-22(17,18)12-9(19-3)7-10(21-12)11(16)20-4/h7,15H,5-6,8,14H2,1-4H3. The van der Waals surface area contributed by atoms with E-state index >= 15 is 0 Å². The summed E-state index contributed by atoms with van der Waals surface area (Å²) in [4.78, 5) is 11.7. The van der Waals surface area contributed by atoms with E-state index in [0.717, 1.165) is 11.3 Å². The molecule has 0 bridgehead atoms. The molecule has 0 spiro atoms. The number of nitrogens with two attached hydrogens (primary N) is 1. The summed E-state index contributed by atoms with van der Waals surface area (Å²) < 4.78 is 36.9. The Balaban J connectivity index is 3.07. The van der Waals surface area contributed by atoms with Gasteiger partial charge in [0.2, 0.25) is 0 Å². The van der Waals surface area contributed by atoms with Crippen molar-refractivity contribution < 1.29 is 22.7 Å². The SMILES string of the molecule is CCC(N)(CC)CNS(=O)(=O)c1sc(C(=O)OC)cc1OC. The molecule has 0 fully saturated rings. The Morgan fingerprint density at radius 1 is 1.36 bits per heavy atom. The van der Waals surface area contributed by atoms with Crippen molar-refractivity contribution in [1.29, 1.82) is 0 Å². The van der Waals surface area contributed by atoms with Crippen molar-refractivity contribution in [1.82, 2.24) is 4.72 Å². The number of carbonyl (C=O) groups excluding carboxylic acids is 1. The molecule has 9 heteroatoms. The lowest BCUT2D eigenvalue weighted by Crippen LogP contribution is -2.49. The van der Waals surface area contributed by atoms with Crippen LogP contribution in [0.1, 0.15) is 36.4 Å². The van der Waals surface area contributed by atoms with Crippen LogP contribution in [0.15, 0.2) is 10.3 Å². The fraction of sp³-hybridized carbons (Fsp3) is 0.615. The van der Waals surface area contributed by atoms with E-state index in [1.54, 1.807) is 0 Å². The Bertz CT molecular complexity index is 620. The predicted octanol–water partition coefficient (Wildman–Crippen LogP) is 1.34. The third-order valence-corrected chi connectivity index (χ3v) is 6.55. The zero-order valence-corrected chi connectivity index (χ0v) is 14.8. The van der Waals surface area contributed by atoms with Gasteiger partial charge in [-0.25, -0.2) is 17.9 Å². The highest BCUT2D eigenvalue weighted by molar-refractivity contribution is 7.91. The molecule has 1 aromatic heterocycles. The second kappa shape index (κ2) is 7.40. The number of hydrogen-bond acceptors (Lipinski definition) is 7. The van der Waals surface area contributed by atoms with Crippen LogP contribution < -0.4 is 15.2 Å². The lowest BCUT2D eigenvalue weighted by atomic mass is 9.95. The molecule has 0 aliphatic rings. The summed E-state index contributed by atoms with van der Waals surface area (Å²) >= 11 is 0.799. The average molecular weight is 350 g/mol. The summed E-state index contributed by atoms with van der Waals surface area (Å²) in [5, 5.41) is 0. The van der Waals surface area contributed by atoms with Gasteiger partial charge < -0.3 is 15.2 Å². The van der Waals surface area contributed by atoms with Crippen molar-refractivity contribution in [3.63, 3.8) is 0 Å². The number of methoxy groups -OCH3 is 2. The van der Waals surface area contributed by atoms with Gasteiger partial charge in [0.25, 0.3) is 10.0 Å². The molecule has 0 aliphatic carbocycles. The fourth-order valence-electron chi connectivity index (χ4n) is 1.69. The van der Waals surface area contributed by atoms with Gasteiger partial charge in [-0.05, 0) is 12.8 Å². The van der Waals surface area contributed by atoms with Crippen LogP contribution in [0.3, 0.4) is 0 Å². The van der Waals surface area contributed by atoms with Crippen LogP contribution in [0.25, 0.3) is 0 Å². The average Bonchev–Trinajstić information content (AvgIpc) is 2.97. The lowest BCUT2D eigenvalue weighted by molar-refractivity contribution is 0.0606. The lowest BCUT2D eigenvalue weighted by Gasteiger charge is -2.26. The van der Waals surface area contributed by atoms with E-state index in [1.807, 2.05) is 13.8 Å². The molecule has 0 aromatic carbocycles. The van der Waals surface area contributed by atoms with E-state index in [2.05, 4.69) is 9.46 Å². The second-order valence-electron chi connectivity index (χ2n) is 4.85. The first-order chi connectivity index (χ1) is 10.2. The molecular formula is C13H22N2O5S2. The van der Waals surface area contributed by atoms with Crippen molar-refractivity contribution in [2.24, 2.45) is 5.73 Å². The van der Waals surface area contributed by atoms with E-state index in [0.29, 0.717) is 12.8 Å². The molecule has 1 heterocycles. The molecule has 126 valence electrons. The van der Waals surface area contributed by atoms with E-state index in [4.69, 9.17) is 10.5 Å². The van der Waals surface area contributed by atoms with Gasteiger partial charge in [0.1, 0.15) is 4.88 Å². The number of nitrogens with one attached hydrogen (secondary N) is 1. The number of sulfonamides is 1. The van der Waals surface area contributed by atoms with Gasteiger partial charge in [-0.2, -0.15) is 0 Å². The third kappa shape index (κ3) is 4.19. The van der Waals surface area contributed by atoms with Crippen LogP contribution in [0.4, 0.5) is 0 Å². The Kier molecular flexibility index (Phi) is 6.36. The first-order valence-electron chi connectivity index (χ1n) is 6.77. The fourth-order valence-corrected chi connectivity index (χ4v) is 4.37. The molecule has 7 nitrogen and oxygen atoms in total. The third-order valence-electron chi connectivity index (χ3n) is 3.54. The van der Waals surface area contributed by atoms with Gasteiger partial charge in [-0.15, -0.1) is 11.3 Å². The Hall–Kier alpha value is -1.16. The van der Waals surface area contributed by atoms with Crippen LogP contribution >= 0.6 is 11.3 Å². The van der Waals surface area contributed by atoms with Crippen LogP contribution in [0.2, 0.25) is 0 Å². The molecule has 0 radical (unpaired) electrons. The van der Waals surface area contributed by atoms with Gasteiger partial charge in [-0.3, -0.25) is 0 Å². The number of ether oxygens (including phenoxy) is 2. The molecule has 0 aliphatic heterocycles. The van der Waals surface area contributed by atoms with Crippen molar-refractivity contribution >= 4 is 27.3 Å². The largest absolute Gasteiger partial charge is 0.494 e. The number of hydrogen-bond donors (Lipinski definition) is 2. The van der Waals surface area contributed by atoms with Crippen molar-refractivity contribution in [2.75, 3.05) is 20.8 Å². The van der Waals surface area contributed by atoms with Crippen LogP contribution in [-0.2, 0) is 14.8 Å². The first-order valence-corrected chi connectivity index (χ1v) is 9.07. The highest BCUT2D eigenvalue weighted by Crippen LogP contribution is 2.33. The number of thiophene rings is 1. The zero-order valence-electron chi connectivity index (χ0n) is 13.1. The maximum atomic E-state index is 12.4. The Morgan fingerprint density at radius 3 is 2.41 bits per heavy atom. The summed E-state index contributed by atoms with van der Waals surface area (Å²) in [5.74, 6) is -0.506. The molecular weight excluding hydrogens is 328 g/mol. The van der Waals surface area contributed by atoms with Gasteiger partial charge >= 0.3 is 5.97 Å². The highest BCUT2D eigenvalue weighted by atomic mass is 32.2. The van der Waals surface area contributed by atoms with Crippen LogP contribution in [-0.4, -0.2) is 40.7 Å². The van der Waals surface area contributed by atoms with Crippen molar-refractivity contribution in [2.45, 2.75) is 36.4 Å². The van der Waals surface area contributed by atoms with Crippen LogP contribution in [0.5, 0.6) is 5.75 Å². The van der Waals surface area contributed by atoms with Crippen LogP contribution in [0, 0.1) is 0 Å². The van der Waals surface area contributed by atoms with Gasteiger partial charge in [-0.1, -0.05) is 13.8 Å². The summed E-state index contributed by atoms with van der Waals surface area (Å²) in [6.45, 7) is 3.91. The van der Waals surface area contributed by atoms with Gasteiger partial charge in [0.15, 0.2) is 9.96 Å². The highest BCUT2D eigenvalue weighted by Gasteiger charge is 2.29. The van der Waals surface area contributed by atoms with E-state index < -0.39 is 21.5 Å². The van der Waals surface area contributed by atoms with Crippen molar-refractivity contribution in [3.05, 3.63) is 10.9 Å². The molecule has 0 amide bonds. The predicted molar refractivity (Wildman–Crippen MR) is 84.9 cm³/mol. The first kappa shape index (κ1) is 18.9. The summed E-state index contributed by atoms with van der Waals surface area (Å²) in [6.07, 6.45) is 1.28. The smallest absolute Gasteiger partial charge is 0.348 e. The summed E-state index contributed by atoms with van der Waals surface area (Å²) in [6, 6.07) is 1.35. The molecule has 3 N–H and O–H groups in total. The maximum Gasteiger partial charge on any atom is 0.348 e. The minimum atomic E-state index is -3.82. The monoisotopic (exact) mass is 350 g/mol. The van der Waals surface area contributed by atoms with Gasteiger partial charge in [0, 0.05) is 18.2 Å². The normalized spacial score (nSPS) is 12.2. The molecule has 0 atom stereocenters. The van der Waals surface area contributed by atoms with E-state index in [-0.39, 0.29) is 21.4 Å². The molecule has 22 heavy (non-hydrogen) atoms. The van der Waals surface area contributed by atoms with E-state index in [1.165, 1.54) is 20.3 Å². The molecule has 0 saturated carbocycles. The summed E-state index contributed by atoms with van der Waals surface area (Å²) in [7, 11) is -1.25. The second-order valence-corrected chi connectivity index (χ2v) is 7.87. The van der Waals surface area contributed by atoms with Gasteiger partial charge in [0.05, 0.1) is 14.2 Å². The number of rotatable bonds is 8. The molecule has 0 saturated heterocycles. The zero-order chi connectivity index (χ0) is 17.0. The summed E-state index contributed by atoms with van der Waals surface area (Å²) in [5.41, 5.74) is 5.49. The molecule has 1 aromatic rings. The maximum absolute atomic E-state index is 12.4. The quantitative estimate of drug-likeness (QED) is 0.685. The Labute approximate surface area is 134 Å².